The molecule has 0 aromatic rings. The average Bonchev–Trinajstić information content (AvgIpc) is 2.99. The number of allylic oxidation sites excluding steroid dienone is 2. The Morgan fingerprint density at radius 3 is 2.13 bits per heavy atom. The summed E-state index contributed by atoms with van der Waals surface area (Å²) in [4.78, 5) is 0. The zero-order valence-corrected chi connectivity index (χ0v) is 9.27. The van der Waals surface area contributed by atoms with Gasteiger partial charge in [0.25, 0.3) is 0 Å². The van der Waals surface area contributed by atoms with Crippen LogP contribution in [0.2, 0.25) is 0 Å². The largest absolute Gasteiger partial charge is 0.321 e. The molecule has 3 atom stereocenters. The van der Waals surface area contributed by atoms with Crippen LogP contribution < -0.4 is 5.73 Å². The van der Waals surface area contributed by atoms with Crippen molar-refractivity contribution in [2.45, 2.75) is 38.1 Å². The number of hydrogen-bond acceptors (Lipinski definition) is 1. The molecule has 1 nitrogen and oxygen atoms in total. The molecular weight excluding hydrogens is 182 g/mol. The van der Waals surface area contributed by atoms with E-state index < -0.39 is 0 Å². The van der Waals surface area contributed by atoms with Gasteiger partial charge < -0.3 is 5.73 Å². The van der Waals surface area contributed by atoms with Crippen molar-refractivity contribution in [2.24, 2.45) is 28.4 Å². The van der Waals surface area contributed by atoms with Crippen molar-refractivity contribution >= 4 is 0 Å². The zero-order chi connectivity index (χ0) is 10.2. The summed E-state index contributed by atoms with van der Waals surface area (Å²) in [5, 5.41) is 0. The Labute approximate surface area is 90.4 Å². The standard InChI is InChI=1S/C14H17N/c1-7-12(2,15)14(13(7)5-6-13)10-8-3-4-9(8)11(10)14/h10-11H,1,3-6,15H2,2H3/t10?,11?,12-,14?/m0/s1. The molecule has 0 heterocycles. The fourth-order valence-corrected chi connectivity index (χ4v) is 5.88. The van der Waals surface area contributed by atoms with Crippen LogP contribution in [-0.2, 0) is 0 Å². The smallest absolute Gasteiger partial charge is 0.0420 e. The first-order valence-electron chi connectivity index (χ1n) is 6.29. The molecule has 2 unspecified atom stereocenters. The van der Waals surface area contributed by atoms with Crippen LogP contribution in [0.1, 0.15) is 32.6 Å². The summed E-state index contributed by atoms with van der Waals surface area (Å²) >= 11 is 0. The highest BCUT2D eigenvalue weighted by molar-refractivity contribution is 5.67. The number of fused-ring (bicyclic) bond motifs is 6. The quantitative estimate of drug-likeness (QED) is 0.596. The van der Waals surface area contributed by atoms with Gasteiger partial charge in [0.2, 0.25) is 0 Å². The summed E-state index contributed by atoms with van der Waals surface area (Å²) in [5.74, 6) is 1.81. The minimum absolute atomic E-state index is 0.0455. The molecule has 3 fully saturated rings. The van der Waals surface area contributed by atoms with Gasteiger partial charge in [0.15, 0.2) is 0 Å². The summed E-state index contributed by atoms with van der Waals surface area (Å²) in [5.41, 5.74) is 12.5. The molecule has 5 aliphatic rings. The first-order valence-corrected chi connectivity index (χ1v) is 6.29. The summed E-state index contributed by atoms with van der Waals surface area (Å²) in [6, 6.07) is 0. The lowest BCUT2D eigenvalue weighted by Gasteiger charge is -2.57. The zero-order valence-electron chi connectivity index (χ0n) is 9.27. The normalized spacial score (nSPS) is 60.5. The molecule has 0 bridgehead atoms. The van der Waals surface area contributed by atoms with Gasteiger partial charge in [-0.2, -0.15) is 0 Å². The Bertz CT molecular complexity index is 446. The van der Waals surface area contributed by atoms with Crippen LogP contribution in [-0.4, -0.2) is 5.54 Å². The second-order valence-corrected chi connectivity index (χ2v) is 6.64. The van der Waals surface area contributed by atoms with E-state index in [-0.39, 0.29) is 5.54 Å². The second-order valence-electron chi connectivity index (χ2n) is 6.64. The molecule has 78 valence electrons. The Kier molecular flexibility index (Phi) is 0.801. The lowest BCUT2D eigenvalue weighted by molar-refractivity contribution is 0.0789. The number of hydrogen-bond donors (Lipinski definition) is 1. The fourth-order valence-electron chi connectivity index (χ4n) is 5.88. The molecule has 0 amide bonds. The van der Waals surface area contributed by atoms with Crippen LogP contribution in [0.3, 0.4) is 0 Å². The molecule has 5 aliphatic carbocycles. The third-order valence-electron chi connectivity index (χ3n) is 6.64. The first kappa shape index (κ1) is 7.67. The highest BCUT2D eigenvalue weighted by Crippen LogP contribution is 2.97. The minimum atomic E-state index is -0.0455. The second kappa shape index (κ2) is 1.57. The van der Waals surface area contributed by atoms with Crippen molar-refractivity contribution in [3.8, 4) is 0 Å². The molecule has 1 heteroatoms. The molecule has 0 saturated heterocycles. The molecule has 2 spiro atoms. The monoisotopic (exact) mass is 199 g/mol. The number of nitrogens with two attached hydrogens (primary N) is 1. The molecule has 15 heavy (non-hydrogen) atoms. The molecule has 0 aromatic heterocycles. The summed E-state index contributed by atoms with van der Waals surface area (Å²) in [7, 11) is 0. The SMILES string of the molecule is C=C1C2(CC2)C2(C3C4=C(CC4)C32)[C@@]1(C)N. The van der Waals surface area contributed by atoms with Crippen molar-refractivity contribution in [1.82, 2.24) is 0 Å². The van der Waals surface area contributed by atoms with Gasteiger partial charge in [-0.25, -0.2) is 0 Å². The van der Waals surface area contributed by atoms with E-state index in [2.05, 4.69) is 13.5 Å². The topological polar surface area (TPSA) is 26.0 Å². The van der Waals surface area contributed by atoms with E-state index in [1.165, 1.54) is 31.3 Å². The van der Waals surface area contributed by atoms with Gasteiger partial charge >= 0.3 is 0 Å². The van der Waals surface area contributed by atoms with Crippen molar-refractivity contribution in [3.05, 3.63) is 23.3 Å². The first-order chi connectivity index (χ1) is 7.09. The van der Waals surface area contributed by atoms with E-state index in [1.54, 1.807) is 0 Å². The van der Waals surface area contributed by atoms with E-state index in [9.17, 15) is 0 Å². The molecule has 0 aromatic carbocycles. The molecule has 2 N–H and O–H groups in total. The Hall–Kier alpha value is -0.560. The van der Waals surface area contributed by atoms with E-state index >= 15 is 0 Å². The van der Waals surface area contributed by atoms with E-state index in [0.29, 0.717) is 10.8 Å². The molecular formula is C14H17N. The van der Waals surface area contributed by atoms with Crippen LogP contribution >= 0.6 is 0 Å². The third kappa shape index (κ3) is 0.411. The molecule has 0 aliphatic heterocycles. The minimum Gasteiger partial charge on any atom is -0.321 e. The Morgan fingerprint density at radius 1 is 1.20 bits per heavy atom. The maximum absolute atomic E-state index is 6.57. The highest BCUT2D eigenvalue weighted by Gasteiger charge is 2.94. The number of rotatable bonds is 0. The van der Waals surface area contributed by atoms with Gasteiger partial charge in [-0.05, 0) is 44.4 Å². The lowest BCUT2D eigenvalue weighted by atomic mass is 9.50. The van der Waals surface area contributed by atoms with Gasteiger partial charge in [0.05, 0.1) is 0 Å². The van der Waals surface area contributed by atoms with Gasteiger partial charge in [-0.1, -0.05) is 23.3 Å². The molecule has 0 radical (unpaired) electrons. The van der Waals surface area contributed by atoms with Crippen molar-refractivity contribution in [1.29, 1.82) is 0 Å². The average molecular weight is 199 g/mol. The van der Waals surface area contributed by atoms with Crippen LogP contribution in [0.4, 0.5) is 0 Å². The Balaban J connectivity index is 1.70. The van der Waals surface area contributed by atoms with Crippen molar-refractivity contribution in [3.63, 3.8) is 0 Å². The van der Waals surface area contributed by atoms with Crippen LogP contribution in [0, 0.1) is 22.7 Å². The third-order valence-corrected chi connectivity index (χ3v) is 6.64. The molecule has 3 saturated carbocycles. The van der Waals surface area contributed by atoms with Gasteiger partial charge in [-0.15, -0.1) is 0 Å². The fraction of sp³-hybridized carbons (Fsp3) is 0.714. The van der Waals surface area contributed by atoms with E-state index in [0.717, 1.165) is 11.8 Å². The predicted molar refractivity (Wildman–Crippen MR) is 59.1 cm³/mol. The van der Waals surface area contributed by atoms with Gasteiger partial charge in [0.1, 0.15) is 0 Å². The predicted octanol–water partition coefficient (Wildman–Crippen LogP) is 2.39. The van der Waals surface area contributed by atoms with Crippen molar-refractivity contribution in [2.75, 3.05) is 0 Å². The maximum atomic E-state index is 6.57. The van der Waals surface area contributed by atoms with Gasteiger partial charge in [0, 0.05) is 16.4 Å². The summed E-state index contributed by atoms with van der Waals surface area (Å²) in [6.07, 6.45) is 5.53. The van der Waals surface area contributed by atoms with Crippen molar-refractivity contribution < 1.29 is 0 Å². The summed E-state index contributed by atoms with van der Waals surface area (Å²) < 4.78 is 0. The van der Waals surface area contributed by atoms with Crippen LogP contribution in [0.25, 0.3) is 0 Å². The van der Waals surface area contributed by atoms with E-state index in [1.807, 2.05) is 11.1 Å². The molecule has 5 rings (SSSR count). The van der Waals surface area contributed by atoms with Gasteiger partial charge in [-0.3, -0.25) is 0 Å². The van der Waals surface area contributed by atoms with Crippen LogP contribution in [0.5, 0.6) is 0 Å². The Morgan fingerprint density at radius 2 is 1.73 bits per heavy atom. The maximum Gasteiger partial charge on any atom is 0.0420 e. The highest BCUT2D eigenvalue weighted by atomic mass is 15.1. The van der Waals surface area contributed by atoms with E-state index in [4.69, 9.17) is 5.73 Å². The lowest BCUT2D eigenvalue weighted by Crippen LogP contribution is -2.65. The summed E-state index contributed by atoms with van der Waals surface area (Å²) in [6.45, 7) is 6.54. The van der Waals surface area contributed by atoms with Crippen LogP contribution in [0.15, 0.2) is 23.3 Å².